The van der Waals surface area contributed by atoms with Gasteiger partial charge < -0.3 is 10.1 Å². The molecule has 5 aromatic carbocycles. The Morgan fingerprint density at radius 3 is 2.02 bits per heavy atom. The standard InChI is InChI=1S/C41H32N4O2.Pt/c1-23-15-24(2)18-27(17-23)28-21-35(42-36(22-28)41(46)47)32-11-8-14-37-39(32)44-40(45(37)29-19-25(3)16-26(4)20-29)33-12-7-10-31-30-9-5-6-13-34(30)43-38(31)33;/h5-22H,1-4H3,(H2,42,43,44,46,47);/p-1. The molecule has 0 aliphatic rings. The molecule has 6 nitrogen and oxygen atoms in total. The van der Waals surface area contributed by atoms with Crippen LogP contribution in [0, 0.1) is 27.7 Å². The van der Waals surface area contributed by atoms with E-state index in [9.17, 15) is 9.90 Å². The van der Waals surface area contributed by atoms with Crippen molar-refractivity contribution in [3.05, 3.63) is 137 Å². The number of carboxylic acids is 1. The Morgan fingerprint density at radius 1 is 0.667 bits per heavy atom. The molecule has 0 unspecified atom stereocenters. The largest absolute Gasteiger partial charge is 0.656 e. The Kier molecular flexibility index (Phi) is 7.85. The third kappa shape index (κ3) is 5.32. The van der Waals surface area contributed by atoms with Gasteiger partial charge in [0.05, 0.1) is 16.7 Å². The number of aryl methyl sites for hydroxylation is 4. The van der Waals surface area contributed by atoms with Crippen molar-refractivity contribution in [1.29, 1.82) is 0 Å². The first-order valence-electron chi connectivity index (χ1n) is 15.6. The third-order valence-corrected chi connectivity index (χ3v) is 8.73. The molecular weight excluding hydrogens is 776 g/mol. The number of para-hydroxylation sites is 3. The van der Waals surface area contributed by atoms with Crippen molar-refractivity contribution >= 4 is 38.8 Å². The number of rotatable bonds is 5. The minimum Gasteiger partial charge on any atom is -0.656 e. The van der Waals surface area contributed by atoms with E-state index in [1.54, 1.807) is 6.07 Å². The number of fused-ring (bicyclic) bond motifs is 4. The van der Waals surface area contributed by atoms with Crippen LogP contribution in [0.4, 0.5) is 0 Å². The van der Waals surface area contributed by atoms with Crippen molar-refractivity contribution in [2.45, 2.75) is 27.7 Å². The van der Waals surface area contributed by atoms with Crippen LogP contribution >= 0.6 is 0 Å². The first-order chi connectivity index (χ1) is 22.7. The van der Waals surface area contributed by atoms with Crippen LogP contribution in [0.2, 0.25) is 0 Å². The summed E-state index contributed by atoms with van der Waals surface area (Å²) in [5.41, 5.74) is 12.9. The smallest absolute Gasteiger partial charge is 0.354 e. The van der Waals surface area contributed by atoms with Gasteiger partial charge in [-0.1, -0.05) is 90.0 Å². The molecule has 0 fully saturated rings. The van der Waals surface area contributed by atoms with E-state index in [1.807, 2.05) is 50.2 Å². The summed E-state index contributed by atoms with van der Waals surface area (Å²) in [6, 6.07) is 36.8. The molecule has 0 amide bonds. The third-order valence-electron chi connectivity index (χ3n) is 8.73. The summed E-state index contributed by atoms with van der Waals surface area (Å²) < 4.78 is 2.19. The summed E-state index contributed by atoms with van der Waals surface area (Å²) in [4.78, 5) is 27.4. The summed E-state index contributed by atoms with van der Waals surface area (Å²) >= 11 is 0. The number of benzene rings is 5. The Bertz CT molecular complexity index is 2520. The normalized spacial score (nSPS) is 11.3. The minimum absolute atomic E-state index is 0. The van der Waals surface area contributed by atoms with E-state index in [1.165, 1.54) is 0 Å². The number of carbonyl (C=O) groups is 1. The van der Waals surface area contributed by atoms with Crippen molar-refractivity contribution in [3.63, 3.8) is 0 Å². The number of nitrogens with zero attached hydrogens (tertiary/aromatic N) is 4. The maximum Gasteiger partial charge on any atom is 0.354 e. The molecule has 0 saturated heterocycles. The fraction of sp³-hybridized carbons (Fsp3) is 0.0976. The fourth-order valence-corrected chi connectivity index (χ4v) is 6.89. The van der Waals surface area contributed by atoms with Crippen LogP contribution in [0.3, 0.4) is 0 Å². The first-order valence-corrected chi connectivity index (χ1v) is 15.6. The van der Waals surface area contributed by atoms with E-state index < -0.39 is 5.97 Å². The van der Waals surface area contributed by atoms with Gasteiger partial charge in [-0.05, 0) is 91.1 Å². The quantitative estimate of drug-likeness (QED) is 0.188. The maximum absolute atomic E-state index is 12.4. The molecular formula is C41H31N4O2Pt-. The molecule has 1 N–H and O–H groups in total. The zero-order chi connectivity index (χ0) is 32.4. The molecule has 3 heterocycles. The van der Waals surface area contributed by atoms with Crippen molar-refractivity contribution in [1.82, 2.24) is 19.5 Å². The molecule has 0 aliphatic carbocycles. The van der Waals surface area contributed by atoms with Crippen LogP contribution in [0.1, 0.15) is 32.7 Å². The van der Waals surface area contributed by atoms with Crippen molar-refractivity contribution < 1.29 is 31.0 Å². The number of carboxylic acid groups (broad SMARTS) is 1. The number of hydrogen-bond acceptors (Lipinski definition) is 3. The Hall–Kier alpha value is -5.32. The number of aromatic carboxylic acids is 1. The maximum atomic E-state index is 12.4. The minimum atomic E-state index is -1.08. The van der Waals surface area contributed by atoms with Gasteiger partial charge in [0.25, 0.3) is 0 Å². The molecule has 0 aliphatic heterocycles. The molecule has 8 aromatic rings. The zero-order valence-electron chi connectivity index (χ0n) is 26.9. The van der Waals surface area contributed by atoms with Gasteiger partial charge in [0, 0.05) is 37.9 Å². The van der Waals surface area contributed by atoms with Crippen molar-refractivity contribution in [2.24, 2.45) is 0 Å². The number of hydrogen-bond donors (Lipinski definition) is 1. The molecule has 238 valence electrons. The Morgan fingerprint density at radius 2 is 1.29 bits per heavy atom. The summed E-state index contributed by atoms with van der Waals surface area (Å²) in [6.45, 7) is 8.29. The zero-order valence-corrected chi connectivity index (χ0v) is 29.1. The molecule has 0 atom stereocenters. The number of imidazole rings is 1. The molecule has 48 heavy (non-hydrogen) atoms. The molecule has 3 aromatic heterocycles. The Balaban J connectivity index is 0.00000364. The van der Waals surface area contributed by atoms with Crippen molar-refractivity contribution in [3.8, 4) is 39.5 Å². The van der Waals surface area contributed by atoms with Crippen LogP contribution in [-0.2, 0) is 21.1 Å². The van der Waals surface area contributed by atoms with E-state index in [0.717, 1.165) is 88.9 Å². The Labute approximate surface area is 292 Å². The average Bonchev–Trinajstić information content (AvgIpc) is 3.62. The topological polar surface area (TPSA) is 82.1 Å². The fourth-order valence-electron chi connectivity index (χ4n) is 6.89. The van der Waals surface area contributed by atoms with Gasteiger partial charge in [-0.3, -0.25) is 4.57 Å². The van der Waals surface area contributed by atoms with Crippen LogP contribution in [0.25, 0.3) is 72.3 Å². The summed E-state index contributed by atoms with van der Waals surface area (Å²) in [7, 11) is 0. The second kappa shape index (κ2) is 12.0. The molecule has 7 heteroatoms. The first kappa shape index (κ1) is 31.3. The average molecular weight is 807 g/mol. The monoisotopic (exact) mass is 806 g/mol. The molecule has 0 radical (unpaired) electrons. The molecule has 0 saturated carbocycles. The van der Waals surface area contributed by atoms with Crippen molar-refractivity contribution in [2.75, 3.05) is 0 Å². The van der Waals surface area contributed by atoms with Gasteiger partial charge >= 0.3 is 5.97 Å². The summed E-state index contributed by atoms with van der Waals surface area (Å²) in [5.74, 6) is -0.318. The van der Waals surface area contributed by atoms with Crippen LogP contribution in [0.15, 0.2) is 109 Å². The van der Waals surface area contributed by atoms with E-state index in [-0.39, 0.29) is 26.8 Å². The van der Waals surface area contributed by atoms with E-state index in [2.05, 4.69) is 90.1 Å². The summed E-state index contributed by atoms with van der Waals surface area (Å²) in [5, 5.41) is 12.3. The molecule has 0 bridgehead atoms. The van der Waals surface area contributed by atoms with Gasteiger partial charge in [0.15, 0.2) is 0 Å². The van der Waals surface area contributed by atoms with Gasteiger partial charge in [-0.2, -0.15) is 0 Å². The second-order valence-electron chi connectivity index (χ2n) is 12.4. The number of pyridine rings is 1. The van der Waals surface area contributed by atoms with E-state index >= 15 is 0 Å². The summed E-state index contributed by atoms with van der Waals surface area (Å²) in [6.07, 6.45) is 0. The van der Waals surface area contributed by atoms with Gasteiger partial charge in [-0.15, -0.1) is 11.0 Å². The molecule has 8 rings (SSSR count). The molecule has 0 spiro atoms. The van der Waals surface area contributed by atoms with Crippen LogP contribution in [-0.4, -0.2) is 25.6 Å². The predicted octanol–water partition coefficient (Wildman–Crippen LogP) is 9.61. The van der Waals surface area contributed by atoms with E-state index in [4.69, 9.17) is 9.97 Å². The second-order valence-corrected chi connectivity index (χ2v) is 12.4. The van der Waals surface area contributed by atoms with E-state index in [0.29, 0.717) is 5.69 Å². The SMILES string of the molecule is Cc1cc(C)cc(-c2cc(C(=O)O)nc(-c3cccc4c3nc(-c3cccc5c3[n-]c3ccccc35)n4-c3cc(C)cc(C)c3)c2)c1.[Pt]. The van der Waals surface area contributed by atoms with Gasteiger partial charge in [0.1, 0.15) is 11.5 Å². The predicted molar refractivity (Wildman–Crippen MR) is 189 cm³/mol. The van der Waals surface area contributed by atoms with Crippen LogP contribution in [0.5, 0.6) is 0 Å². The van der Waals surface area contributed by atoms with Crippen LogP contribution < -0.4 is 4.98 Å². The van der Waals surface area contributed by atoms with Gasteiger partial charge in [0.2, 0.25) is 0 Å². The van der Waals surface area contributed by atoms with Gasteiger partial charge in [-0.25, -0.2) is 14.8 Å². The number of aromatic nitrogens is 4.